The third-order valence-corrected chi connectivity index (χ3v) is 6.90. The van der Waals surface area contributed by atoms with E-state index in [1.807, 2.05) is 12.1 Å². The zero-order valence-corrected chi connectivity index (χ0v) is 23.6. The van der Waals surface area contributed by atoms with Crippen molar-refractivity contribution in [3.05, 3.63) is 0 Å². The van der Waals surface area contributed by atoms with Crippen molar-refractivity contribution < 1.29 is 9.57 Å². The number of nitrogens with zero attached hydrogens (tertiary/aromatic N) is 5. The van der Waals surface area contributed by atoms with Gasteiger partial charge < -0.3 is 24.3 Å². The van der Waals surface area contributed by atoms with Crippen molar-refractivity contribution in [1.29, 1.82) is 0 Å². The molecule has 0 aromatic heterocycles. The molecule has 5 heterocycles. The lowest BCUT2D eigenvalue weighted by Gasteiger charge is -2.21. The molecule has 0 radical (unpaired) electrons. The van der Waals surface area contributed by atoms with Crippen LogP contribution in [0, 0.1) is 0 Å². The molecule has 7 nitrogen and oxygen atoms in total. The average molecular weight is 550 g/mol. The SMILES string of the molecule is C.C.C.C.CN1CCCC1.CN1CCCCC1.CN1CCCCCC1.CN1CCCO1.CN1CCOCC1. The Morgan fingerprint density at radius 2 is 0.658 bits per heavy atom. The molecule has 0 amide bonds. The highest BCUT2D eigenvalue weighted by atomic mass is 16.7. The maximum atomic E-state index is 5.10. The third-order valence-electron chi connectivity index (χ3n) is 6.90. The summed E-state index contributed by atoms with van der Waals surface area (Å²) in [4.78, 5) is 14.4. The highest BCUT2D eigenvalue weighted by molar-refractivity contribution is 4.60. The summed E-state index contributed by atoms with van der Waals surface area (Å²) in [6.45, 7) is 13.9. The molecule has 0 bridgehead atoms. The van der Waals surface area contributed by atoms with Gasteiger partial charge in [-0.2, -0.15) is 5.06 Å². The highest BCUT2D eigenvalue weighted by Crippen LogP contribution is 2.07. The fourth-order valence-corrected chi connectivity index (χ4v) is 4.38. The Bertz CT molecular complexity index is 382. The molecule has 5 rings (SSSR count). The maximum Gasteiger partial charge on any atom is 0.0698 e. The Morgan fingerprint density at radius 1 is 0.342 bits per heavy atom. The molecule has 0 aliphatic carbocycles. The second-order valence-electron chi connectivity index (χ2n) is 10.5. The standard InChI is InChI=1S/C7H15N.C6H13N.C5H11NO.C5H11N.C4H9NO.4CH4/c1-8-6-4-2-3-5-7-8;1-7-5-3-2-4-6-7;1-6-2-4-7-5-3-6;1-6-4-2-3-5-6;1-5-3-2-4-6-5;;;;/h2-7H2,1H3;2-6H2,1H3;2-5H2,1H3;2-5H2,1H3;2-4H2,1H3;4*1H4. The number of morpholine rings is 1. The molecule has 0 aromatic carbocycles. The Hall–Kier alpha value is -0.280. The van der Waals surface area contributed by atoms with E-state index in [4.69, 9.17) is 9.57 Å². The molecule has 5 fully saturated rings. The van der Waals surface area contributed by atoms with Gasteiger partial charge in [0.1, 0.15) is 0 Å². The van der Waals surface area contributed by atoms with Gasteiger partial charge in [0.15, 0.2) is 0 Å². The number of hydroxylamine groups is 2. The van der Waals surface area contributed by atoms with Crippen LogP contribution in [0.5, 0.6) is 0 Å². The van der Waals surface area contributed by atoms with E-state index in [0.717, 1.165) is 39.5 Å². The summed E-state index contributed by atoms with van der Waals surface area (Å²) < 4.78 is 5.10. The van der Waals surface area contributed by atoms with Crippen LogP contribution in [0.3, 0.4) is 0 Å². The van der Waals surface area contributed by atoms with Gasteiger partial charge in [0.2, 0.25) is 0 Å². The van der Waals surface area contributed by atoms with Gasteiger partial charge in [0.05, 0.1) is 19.8 Å². The van der Waals surface area contributed by atoms with E-state index in [9.17, 15) is 0 Å². The Labute approximate surface area is 242 Å². The van der Waals surface area contributed by atoms with E-state index in [0.29, 0.717) is 0 Å². The van der Waals surface area contributed by atoms with Crippen molar-refractivity contribution in [2.24, 2.45) is 0 Å². The van der Waals surface area contributed by atoms with E-state index in [1.54, 1.807) is 0 Å². The first kappa shape index (κ1) is 44.7. The van der Waals surface area contributed by atoms with Crippen LogP contribution in [0.2, 0.25) is 0 Å². The molecule has 0 saturated carbocycles. The first-order valence-electron chi connectivity index (χ1n) is 14.1. The van der Waals surface area contributed by atoms with Crippen LogP contribution < -0.4 is 0 Å². The second kappa shape index (κ2) is 31.3. The van der Waals surface area contributed by atoms with Gasteiger partial charge >= 0.3 is 0 Å². The third kappa shape index (κ3) is 28.7. The van der Waals surface area contributed by atoms with E-state index in [1.165, 1.54) is 103 Å². The fraction of sp³-hybridized carbons (Fsp3) is 1.00. The number of hydrogen-bond donors (Lipinski definition) is 0. The molecule has 0 aromatic rings. The molecule has 0 N–H and O–H groups in total. The number of ether oxygens (including phenoxy) is 1. The summed E-state index contributed by atoms with van der Waals surface area (Å²) in [5.74, 6) is 0. The molecule has 38 heavy (non-hydrogen) atoms. The van der Waals surface area contributed by atoms with Crippen LogP contribution in [0.4, 0.5) is 0 Å². The first-order chi connectivity index (χ1) is 16.5. The molecule has 5 saturated heterocycles. The Kier molecular flexibility index (Phi) is 36.8. The Morgan fingerprint density at radius 3 is 0.868 bits per heavy atom. The normalized spacial score (nSPS) is 22.7. The average Bonchev–Trinajstić information content (AvgIpc) is 3.46. The molecule has 0 spiro atoms. The largest absolute Gasteiger partial charge is 0.379 e. The molecule has 236 valence electrons. The molecular formula is C31H75N5O2. The van der Waals surface area contributed by atoms with Crippen molar-refractivity contribution in [3.8, 4) is 0 Å². The van der Waals surface area contributed by atoms with Gasteiger partial charge in [-0.3, -0.25) is 4.84 Å². The summed E-state index contributed by atoms with van der Waals surface area (Å²) >= 11 is 0. The van der Waals surface area contributed by atoms with Gasteiger partial charge in [-0.05, 0) is 112 Å². The summed E-state index contributed by atoms with van der Waals surface area (Å²) in [6.07, 6.45) is 14.0. The molecule has 0 unspecified atom stereocenters. The van der Waals surface area contributed by atoms with Crippen molar-refractivity contribution in [3.63, 3.8) is 0 Å². The quantitative estimate of drug-likeness (QED) is 0.364. The Balaban J connectivity index is -0.000000186. The van der Waals surface area contributed by atoms with Gasteiger partial charge in [-0.1, -0.05) is 49.0 Å². The van der Waals surface area contributed by atoms with Crippen LogP contribution in [0.1, 0.15) is 93.9 Å². The molecule has 7 heteroatoms. The zero-order valence-electron chi connectivity index (χ0n) is 23.6. The van der Waals surface area contributed by atoms with Gasteiger partial charge in [-0.15, -0.1) is 0 Å². The first-order valence-corrected chi connectivity index (χ1v) is 14.1. The fourth-order valence-electron chi connectivity index (χ4n) is 4.38. The number of piperidine rings is 1. The van der Waals surface area contributed by atoms with Gasteiger partial charge in [0, 0.05) is 26.7 Å². The molecule has 5 aliphatic heterocycles. The van der Waals surface area contributed by atoms with Crippen molar-refractivity contribution in [2.45, 2.75) is 93.9 Å². The topological polar surface area (TPSA) is 34.7 Å². The number of rotatable bonds is 0. The van der Waals surface area contributed by atoms with Gasteiger partial charge in [0.25, 0.3) is 0 Å². The minimum atomic E-state index is 0. The monoisotopic (exact) mass is 550 g/mol. The minimum Gasteiger partial charge on any atom is -0.379 e. The van der Waals surface area contributed by atoms with Crippen LogP contribution >= 0.6 is 0 Å². The van der Waals surface area contributed by atoms with Crippen LogP contribution in [0.25, 0.3) is 0 Å². The van der Waals surface area contributed by atoms with Crippen LogP contribution in [-0.2, 0) is 9.57 Å². The van der Waals surface area contributed by atoms with Gasteiger partial charge in [-0.25, -0.2) is 0 Å². The summed E-state index contributed by atoms with van der Waals surface area (Å²) in [7, 11) is 10.6. The number of likely N-dealkylation sites (tertiary alicyclic amines) is 3. The summed E-state index contributed by atoms with van der Waals surface area (Å²) in [6, 6.07) is 0. The van der Waals surface area contributed by atoms with E-state index < -0.39 is 0 Å². The minimum absolute atomic E-state index is 0. The van der Waals surface area contributed by atoms with E-state index in [2.05, 4.69) is 47.8 Å². The van der Waals surface area contributed by atoms with Crippen molar-refractivity contribution in [2.75, 3.05) is 114 Å². The smallest absolute Gasteiger partial charge is 0.0698 e. The van der Waals surface area contributed by atoms with Crippen molar-refractivity contribution in [1.82, 2.24) is 24.7 Å². The summed E-state index contributed by atoms with van der Waals surface area (Å²) in [5, 5.41) is 1.86. The van der Waals surface area contributed by atoms with Crippen LogP contribution in [-0.4, -0.2) is 139 Å². The predicted molar refractivity (Wildman–Crippen MR) is 172 cm³/mol. The number of hydrogen-bond acceptors (Lipinski definition) is 7. The maximum absolute atomic E-state index is 5.10. The summed E-state index contributed by atoms with van der Waals surface area (Å²) in [5.41, 5.74) is 0. The van der Waals surface area contributed by atoms with E-state index >= 15 is 0 Å². The van der Waals surface area contributed by atoms with E-state index in [-0.39, 0.29) is 29.7 Å². The van der Waals surface area contributed by atoms with Crippen molar-refractivity contribution >= 4 is 0 Å². The highest BCUT2D eigenvalue weighted by Gasteiger charge is 2.05. The lowest BCUT2D eigenvalue weighted by atomic mass is 10.1. The predicted octanol–water partition coefficient (Wildman–Crippen LogP) is 6.05. The lowest BCUT2D eigenvalue weighted by molar-refractivity contribution is -0.0867. The van der Waals surface area contributed by atoms with Crippen LogP contribution in [0.15, 0.2) is 0 Å². The molecular weight excluding hydrogens is 474 g/mol. The lowest BCUT2D eigenvalue weighted by Crippen LogP contribution is -2.32. The zero-order chi connectivity index (χ0) is 24.9. The second-order valence-corrected chi connectivity index (χ2v) is 10.5. The molecule has 0 atom stereocenters. The molecule has 5 aliphatic rings. The number of likely N-dealkylation sites (N-methyl/N-ethyl adjacent to an activating group) is 1.